The third-order valence-corrected chi connectivity index (χ3v) is 6.60. The maximum atomic E-state index is 10.1. The van der Waals surface area contributed by atoms with Gasteiger partial charge in [0, 0.05) is 29.2 Å². The van der Waals surface area contributed by atoms with Gasteiger partial charge in [0.15, 0.2) is 0 Å². The molecule has 0 aliphatic heterocycles. The van der Waals surface area contributed by atoms with Crippen LogP contribution < -0.4 is 5.73 Å². The van der Waals surface area contributed by atoms with Crippen molar-refractivity contribution in [3.63, 3.8) is 0 Å². The van der Waals surface area contributed by atoms with Crippen LogP contribution in [-0.4, -0.2) is 14.3 Å². The molecule has 2 aromatic heterocycles. The summed E-state index contributed by atoms with van der Waals surface area (Å²) in [6, 6.07) is 27.0. The quantitative estimate of drug-likeness (QED) is 0.267. The van der Waals surface area contributed by atoms with Crippen LogP contribution >= 0.6 is 23.2 Å². The number of nitriles is 2. The van der Waals surface area contributed by atoms with Crippen LogP contribution in [0, 0.1) is 22.7 Å². The van der Waals surface area contributed by atoms with Gasteiger partial charge in [0.05, 0.1) is 21.3 Å². The number of benzene rings is 3. The highest BCUT2D eigenvalue weighted by Crippen LogP contribution is 2.31. The van der Waals surface area contributed by atoms with Crippen molar-refractivity contribution in [2.45, 2.75) is 6.54 Å². The maximum Gasteiger partial charge on any atom is 0.145 e. The van der Waals surface area contributed by atoms with E-state index in [1.807, 2.05) is 72.9 Å². The molecule has 2 heterocycles. The van der Waals surface area contributed by atoms with Gasteiger partial charge in [-0.3, -0.25) is 0 Å². The molecule has 0 radical (unpaired) electrons. The van der Waals surface area contributed by atoms with Crippen molar-refractivity contribution in [1.82, 2.24) is 14.3 Å². The molecule has 0 saturated heterocycles. The Morgan fingerprint density at radius 1 is 0.972 bits per heavy atom. The summed E-state index contributed by atoms with van der Waals surface area (Å²) < 4.78 is 3.56. The van der Waals surface area contributed by atoms with Gasteiger partial charge in [0.25, 0.3) is 0 Å². The van der Waals surface area contributed by atoms with Crippen molar-refractivity contribution < 1.29 is 0 Å². The highest BCUT2D eigenvalue weighted by atomic mass is 35.5. The van der Waals surface area contributed by atoms with Crippen LogP contribution in [0.5, 0.6) is 0 Å². The number of halogens is 2. The van der Waals surface area contributed by atoms with Gasteiger partial charge in [-0.05, 0) is 42.0 Å². The van der Waals surface area contributed by atoms with Gasteiger partial charge in [0.1, 0.15) is 29.2 Å². The van der Waals surface area contributed by atoms with Crippen molar-refractivity contribution in [1.29, 1.82) is 10.5 Å². The minimum atomic E-state index is 0.159. The molecule has 5 rings (SSSR count). The minimum absolute atomic E-state index is 0.159. The van der Waals surface area contributed by atoms with E-state index in [1.54, 1.807) is 12.1 Å². The maximum absolute atomic E-state index is 10.1. The van der Waals surface area contributed by atoms with Crippen LogP contribution in [0.4, 0.5) is 5.82 Å². The lowest BCUT2D eigenvalue weighted by atomic mass is 10.1. The molecule has 36 heavy (non-hydrogen) atoms. The standard InChI is InChI=1S/C28H18Cl2N6/c29-24-11-10-18(12-25(24)30)16-35-17-20(22-8-4-5-9-26(22)35)13-19(14-31)27-23(15-32)28(33)36(34-27)21-6-2-1-3-7-21/h1-13,17H,16,33H2/b19-13+. The summed E-state index contributed by atoms with van der Waals surface area (Å²) in [5.74, 6) is 0.182. The molecule has 5 aromatic rings. The molecule has 8 heteroatoms. The van der Waals surface area contributed by atoms with E-state index in [0.29, 0.717) is 22.3 Å². The predicted molar refractivity (Wildman–Crippen MR) is 144 cm³/mol. The first-order valence-corrected chi connectivity index (χ1v) is 11.7. The zero-order chi connectivity index (χ0) is 25.2. The largest absolute Gasteiger partial charge is 0.382 e. The number of nitrogens with two attached hydrogens (primary N) is 1. The number of nitrogen functional groups attached to an aromatic ring is 1. The van der Waals surface area contributed by atoms with E-state index in [-0.39, 0.29) is 22.6 Å². The van der Waals surface area contributed by atoms with E-state index in [0.717, 1.165) is 22.0 Å². The predicted octanol–water partition coefficient (Wildman–Crippen LogP) is 6.70. The van der Waals surface area contributed by atoms with Crippen molar-refractivity contribution in [3.8, 4) is 17.8 Å². The summed E-state index contributed by atoms with van der Waals surface area (Å²) >= 11 is 12.3. The molecule has 0 unspecified atom stereocenters. The Balaban J connectivity index is 1.62. The lowest BCUT2D eigenvalue weighted by Gasteiger charge is -2.06. The molecular weight excluding hydrogens is 491 g/mol. The fourth-order valence-electron chi connectivity index (χ4n) is 4.16. The van der Waals surface area contributed by atoms with Crippen LogP contribution in [0.3, 0.4) is 0 Å². The Kier molecular flexibility index (Phi) is 6.23. The molecule has 0 fully saturated rings. The molecule has 6 nitrogen and oxygen atoms in total. The fraction of sp³-hybridized carbons (Fsp3) is 0.0357. The number of allylic oxidation sites excluding steroid dienone is 1. The second kappa shape index (κ2) is 9.64. The van der Waals surface area contributed by atoms with E-state index in [1.165, 1.54) is 4.68 Å². The first-order valence-electron chi connectivity index (χ1n) is 11.0. The van der Waals surface area contributed by atoms with E-state index in [2.05, 4.69) is 21.8 Å². The first-order chi connectivity index (χ1) is 17.5. The Hall–Kier alpha value is -4.49. The average molecular weight is 509 g/mol. The fourth-order valence-corrected chi connectivity index (χ4v) is 4.48. The van der Waals surface area contributed by atoms with Gasteiger partial charge in [-0.2, -0.15) is 15.6 Å². The van der Waals surface area contributed by atoms with E-state index >= 15 is 0 Å². The van der Waals surface area contributed by atoms with Crippen molar-refractivity contribution in [3.05, 3.63) is 111 Å². The zero-order valence-corrected chi connectivity index (χ0v) is 20.4. The summed E-state index contributed by atoms with van der Waals surface area (Å²) in [6.07, 6.45) is 3.71. The molecule has 0 atom stereocenters. The van der Waals surface area contributed by atoms with Crippen LogP contribution in [0.25, 0.3) is 28.2 Å². The second-order valence-corrected chi connectivity index (χ2v) is 8.93. The number of anilines is 1. The topological polar surface area (TPSA) is 96.3 Å². The normalized spacial score (nSPS) is 11.4. The average Bonchev–Trinajstić information content (AvgIpc) is 3.42. The van der Waals surface area contributed by atoms with Crippen LogP contribution in [0.15, 0.2) is 79.0 Å². The molecule has 0 spiro atoms. The van der Waals surface area contributed by atoms with Crippen molar-refractivity contribution in [2.24, 2.45) is 0 Å². The number of aromatic nitrogens is 3. The lowest BCUT2D eigenvalue weighted by Crippen LogP contribution is -2.02. The number of para-hydroxylation sites is 2. The molecular formula is C28H18Cl2N6. The number of hydrogen-bond acceptors (Lipinski definition) is 4. The summed E-state index contributed by atoms with van der Waals surface area (Å²) in [6.45, 7) is 0.562. The summed E-state index contributed by atoms with van der Waals surface area (Å²) in [4.78, 5) is 0. The highest BCUT2D eigenvalue weighted by Gasteiger charge is 2.20. The van der Waals surface area contributed by atoms with Gasteiger partial charge in [-0.25, -0.2) is 4.68 Å². The SMILES string of the molecule is N#C/C(=C\c1cn(Cc2ccc(Cl)c(Cl)c2)c2ccccc12)c1nn(-c2ccccc2)c(N)c1C#N. The Bertz CT molecular complexity index is 1720. The third kappa shape index (κ3) is 4.21. The number of nitrogens with zero attached hydrogens (tertiary/aromatic N) is 5. The van der Waals surface area contributed by atoms with Gasteiger partial charge < -0.3 is 10.3 Å². The van der Waals surface area contributed by atoms with E-state index < -0.39 is 0 Å². The molecule has 3 aromatic carbocycles. The zero-order valence-electron chi connectivity index (χ0n) is 18.9. The summed E-state index contributed by atoms with van der Waals surface area (Å²) in [5, 5.41) is 26.3. The van der Waals surface area contributed by atoms with Gasteiger partial charge >= 0.3 is 0 Å². The second-order valence-electron chi connectivity index (χ2n) is 8.12. The molecule has 174 valence electrons. The van der Waals surface area contributed by atoms with Gasteiger partial charge in [-0.1, -0.05) is 65.7 Å². The van der Waals surface area contributed by atoms with Crippen molar-refractivity contribution in [2.75, 3.05) is 5.73 Å². The van der Waals surface area contributed by atoms with Gasteiger partial charge in [-0.15, -0.1) is 0 Å². The number of hydrogen-bond donors (Lipinski definition) is 1. The Labute approximate surface area is 217 Å². The summed E-state index contributed by atoms with van der Waals surface area (Å²) in [5.41, 5.74) is 10.4. The van der Waals surface area contributed by atoms with E-state index in [9.17, 15) is 10.5 Å². The Morgan fingerprint density at radius 2 is 1.72 bits per heavy atom. The molecule has 0 bridgehead atoms. The Morgan fingerprint density at radius 3 is 2.44 bits per heavy atom. The van der Waals surface area contributed by atoms with Crippen LogP contribution in [0.2, 0.25) is 10.0 Å². The minimum Gasteiger partial charge on any atom is -0.382 e. The lowest BCUT2D eigenvalue weighted by molar-refractivity contribution is 0.836. The van der Waals surface area contributed by atoms with Crippen LogP contribution in [-0.2, 0) is 6.54 Å². The first kappa shape index (κ1) is 23.3. The third-order valence-electron chi connectivity index (χ3n) is 5.87. The molecule has 0 aliphatic rings. The summed E-state index contributed by atoms with van der Waals surface area (Å²) in [7, 11) is 0. The number of fused-ring (bicyclic) bond motifs is 1. The molecule has 0 saturated carbocycles. The molecule has 0 aliphatic carbocycles. The highest BCUT2D eigenvalue weighted by molar-refractivity contribution is 6.42. The smallest absolute Gasteiger partial charge is 0.145 e. The molecule has 0 amide bonds. The number of rotatable bonds is 5. The molecule has 2 N–H and O–H groups in total. The van der Waals surface area contributed by atoms with Crippen molar-refractivity contribution >= 4 is 51.6 Å². The van der Waals surface area contributed by atoms with Gasteiger partial charge in [0.2, 0.25) is 0 Å². The van der Waals surface area contributed by atoms with E-state index in [4.69, 9.17) is 28.9 Å². The van der Waals surface area contributed by atoms with Crippen LogP contribution in [0.1, 0.15) is 22.4 Å². The monoisotopic (exact) mass is 508 g/mol.